The molecule has 0 saturated carbocycles. The molecule has 4 heteroatoms. The van der Waals surface area contributed by atoms with Crippen LogP contribution in [0, 0.1) is 0 Å². The average Bonchev–Trinajstić information content (AvgIpc) is 2.39. The van der Waals surface area contributed by atoms with Crippen LogP contribution in [0.3, 0.4) is 0 Å². The van der Waals surface area contributed by atoms with Crippen molar-refractivity contribution < 1.29 is 5.11 Å². The first-order valence-electron chi connectivity index (χ1n) is 6.63. The van der Waals surface area contributed by atoms with Crippen molar-refractivity contribution >= 4 is 22.6 Å². The number of alkyl halides is 1. The van der Waals surface area contributed by atoms with E-state index in [1.165, 1.54) is 5.57 Å². The van der Waals surface area contributed by atoms with Gasteiger partial charge in [-0.05, 0) is 26.8 Å². The molecule has 2 N–H and O–H groups in total. The van der Waals surface area contributed by atoms with Gasteiger partial charge in [-0.25, -0.2) is 0 Å². The van der Waals surface area contributed by atoms with E-state index in [-0.39, 0.29) is 6.61 Å². The summed E-state index contributed by atoms with van der Waals surface area (Å²) in [5.41, 5.74) is 1.41. The number of aliphatic hydroxyl groups excluding tert-OH is 1. The minimum Gasteiger partial charge on any atom is -0.396 e. The Morgan fingerprint density at radius 2 is 2.17 bits per heavy atom. The number of hydrogen-bond donors (Lipinski definition) is 2. The molecule has 0 aromatic carbocycles. The fraction of sp³-hybridized carbons (Fsp3) is 0.714. The van der Waals surface area contributed by atoms with E-state index in [0.717, 1.165) is 43.4 Å². The fourth-order valence-electron chi connectivity index (χ4n) is 1.70. The minimum atomic E-state index is 0.274. The highest BCUT2D eigenvalue weighted by molar-refractivity contribution is 14.1. The zero-order valence-corrected chi connectivity index (χ0v) is 13.8. The van der Waals surface area contributed by atoms with Crippen LogP contribution in [0.1, 0.15) is 19.8 Å². The van der Waals surface area contributed by atoms with E-state index >= 15 is 0 Å². The smallest absolute Gasteiger partial charge is 0.0434 e. The first kappa shape index (κ1) is 18.1. The molecule has 0 fully saturated rings. The van der Waals surface area contributed by atoms with Gasteiger partial charge in [-0.1, -0.05) is 46.4 Å². The van der Waals surface area contributed by atoms with Gasteiger partial charge in [-0.2, -0.15) is 0 Å². The van der Waals surface area contributed by atoms with Gasteiger partial charge in [0.15, 0.2) is 0 Å². The molecule has 0 rings (SSSR count). The Labute approximate surface area is 125 Å². The van der Waals surface area contributed by atoms with Crippen LogP contribution in [0.15, 0.2) is 23.8 Å². The molecule has 0 amide bonds. The van der Waals surface area contributed by atoms with Gasteiger partial charge >= 0.3 is 0 Å². The third-order valence-corrected chi connectivity index (χ3v) is 3.17. The molecule has 0 atom stereocenters. The number of hydrogen-bond acceptors (Lipinski definition) is 3. The van der Waals surface area contributed by atoms with E-state index in [4.69, 9.17) is 5.11 Å². The molecule has 0 spiro atoms. The SMILES string of the molecule is C/C=C\C=C(/CCCO)CN(CCI)CCNC. The molecular weight excluding hydrogens is 339 g/mol. The Morgan fingerprint density at radius 1 is 1.39 bits per heavy atom. The largest absolute Gasteiger partial charge is 0.396 e. The van der Waals surface area contributed by atoms with E-state index in [0.29, 0.717) is 0 Å². The quantitative estimate of drug-likeness (QED) is 0.334. The zero-order valence-electron chi connectivity index (χ0n) is 11.7. The predicted molar refractivity (Wildman–Crippen MR) is 88.5 cm³/mol. The summed E-state index contributed by atoms with van der Waals surface area (Å²) in [5, 5.41) is 12.1. The van der Waals surface area contributed by atoms with Crippen LogP contribution in [-0.4, -0.2) is 54.3 Å². The van der Waals surface area contributed by atoms with Crippen molar-refractivity contribution in [1.29, 1.82) is 0 Å². The van der Waals surface area contributed by atoms with Crippen molar-refractivity contribution in [2.75, 3.05) is 44.3 Å². The standard InChI is InChI=1S/C14H27IN2O/c1-3-4-6-14(7-5-12-18)13-17(10-8-15)11-9-16-2/h3-4,6,16,18H,5,7-13H2,1-2H3/b4-3-,14-6+. The van der Waals surface area contributed by atoms with E-state index in [2.05, 4.69) is 51.0 Å². The van der Waals surface area contributed by atoms with Crippen molar-refractivity contribution in [2.24, 2.45) is 0 Å². The number of aliphatic hydroxyl groups is 1. The third-order valence-electron chi connectivity index (χ3n) is 2.69. The lowest BCUT2D eigenvalue weighted by Gasteiger charge is -2.22. The Kier molecular flexibility index (Phi) is 13.6. The molecule has 18 heavy (non-hydrogen) atoms. The zero-order chi connectivity index (χ0) is 13.6. The lowest BCUT2D eigenvalue weighted by atomic mass is 10.1. The molecule has 0 bridgehead atoms. The summed E-state index contributed by atoms with van der Waals surface area (Å²) >= 11 is 2.42. The van der Waals surface area contributed by atoms with E-state index in [1.54, 1.807) is 0 Å². The maximum Gasteiger partial charge on any atom is 0.0434 e. The fourth-order valence-corrected chi connectivity index (χ4v) is 2.38. The third kappa shape index (κ3) is 10.1. The second kappa shape index (κ2) is 13.5. The molecule has 0 aromatic heterocycles. The maximum absolute atomic E-state index is 8.95. The average molecular weight is 366 g/mol. The summed E-state index contributed by atoms with van der Waals surface area (Å²) < 4.78 is 1.15. The number of allylic oxidation sites excluding steroid dienone is 3. The van der Waals surface area contributed by atoms with Gasteiger partial charge in [0, 0.05) is 37.2 Å². The Balaban J connectivity index is 4.37. The molecule has 0 radical (unpaired) electrons. The second-order valence-corrected chi connectivity index (χ2v) is 5.33. The Bertz CT molecular complexity index is 242. The second-order valence-electron chi connectivity index (χ2n) is 4.25. The van der Waals surface area contributed by atoms with E-state index in [9.17, 15) is 0 Å². The number of nitrogens with one attached hydrogen (secondary N) is 1. The van der Waals surface area contributed by atoms with Crippen LogP contribution in [0.25, 0.3) is 0 Å². The summed E-state index contributed by atoms with van der Waals surface area (Å²) in [6.07, 6.45) is 8.17. The van der Waals surface area contributed by atoms with Crippen LogP contribution < -0.4 is 5.32 Å². The maximum atomic E-state index is 8.95. The van der Waals surface area contributed by atoms with Gasteiger partial charge in [0.25, 0.3) is 0 Å². The summed E-state index contributed by atoms with van der Waals surface area (Å²) in [6.45, 7) is 6.53. The highest BCUT2D eigenvalue weighted by Crippen LogP contribution is 2.08. The number of nitrogens with zero attached hydrogens (tertiary/aromatic N) is 1. The van der Waals surface area contributed by atoms with Gasteiger partial charge in [-0.3, -0.25) is 4.90 Å². The lowest BCUT2D eigenvalue weighted by Crippen LogP contribution is -2.34. The van der Waals surface area contributed by atoms with Crippen LogP contribution >= 0.6 is 22.6 Å². The molecule has 3 nitrogen and oxygen atoms in total. The molecule has 106 valence electrons. The summed E-state index contributed by atoms with van der Waals surface area (Å²) in [5.74, 6) is 0. The monoisotopic (exact) mass is 366 g/mol. The molecule has 0 aliphatic carbocycles. The van der Waals surface area contributed by atoms with Crippen LogP contribution in [0.2, 0.25) is 0 Å². The number of likely N-dealkylation sites (N-methyl/N-ethyl adjacent to an activating group) is 1. The first-order chi connectivity index (χ1) is 8.78. The van der Waals surface area contributed by atoms with Gasteiger partial charge in [0.05, 0.1) is 0 Å². The summed E-state index contributed by atoms with van der Waals surface area (Å²) in [7, 11) is 1.99. The Morgan fingerprint density at radius 3 is 2.72 bits per heavy atom. The number of rotatable bonds is 11. The first-order valence-corrected chi connectivity index (χ1v) is 8.15. The molecule has 0 aliphatic heterocycles. The lowest BCUT2D eigenvalue weighted by molar-refractivity contribution is 0.281. The summed E-state index contributed by atoms with van der Waals surface area (Å²) in [4.78, 5) is 2.47. The Hall–Kier alpha value is 0.0900. The molecule has 0 heterocycles. The van der Waals surface area contributed by atoms with Crippen molar-refractivity contribution in [1.82, 2.24) is 10.2 Å². The molecule has 0 unspecified atom stereocenters. The van der Waals surface area contributed by atoms with Crippen molar-refractivity contribution in [3.8, 4) is 0 Å². The minimum absolute atomic E-state index is 0.274. The normalized spacial score (nSPS) is 12.8. The highest BCUT2D eigenvalue weighted by atomic mass is 127. The molecule has 0 aliphatic rings. The topological polar surface area (TPSA) is 35.5 Å². The highest BCUT2D eigenvalue weighted by Gasteiger charge is 2.06. The number of halogens is 1. The van der Waals surface area contributed by atoms with Crippen molar-refractivity contribution in [2.45, 2.75) is 19.8 Å². The van der Waals surface area contributed by atoms with Crippen LogP contribution in [-0.2, 0) is 0 Å². The van der Waals surface area contributed by atoms with Gasteiger partial charge < -0.3 is 10.4 Å². The van der Waals surface area contributed by atoms with Gasteiger partial charge in [0.2, 0.25) is 0 Å². The van der Waals surface area contributed by atoms with Gasteiger partial charge in [-0.15, -0.1) is 0 Å². The van der Waals surface area contributed by atoms with Crippen molar-refractivity contribution in [3.63, 3.8) is 0 Å². The predicted octanol–water partition coefficient (Wildman–Crippen LogP) is 2.22. The molecular formula is C14H27IN2O. The molecule has 0 aromatic rings. The van der Waals surface area contributed by atoms with Gasteiger partial charge in [0.1, 0.15) is 0 Å². The van der Waals surface area contributed by atoms with Crippen LogP contribution in [0.5, 0.6) is 0 Å². The van der Waals surface area contributed by atoms with E-state index in [1.807, 2.05) is 14.0 Å². The van der Waals surface area contributed by atoms with E-state index < -0.39 is 0 Å². The van der Waals surface area contributed by atoms with Crippen LogP contribution in [0.4, 0.5) is 0 Å². The summed E-state index contributed by atoms with van der Waals surface area (Å²) in [6, 6.07) is 0. The van der Waals surface area contributed by atoms with Crippen molar-refractivity contribution in [3.05, 3.63) is 23.8 Å². The molecule has 0 saturated heterocycles.